The molecule has 0 aliphatic carbocycles. The van der Waals surface area contributed by atoms with Crippen LogP contribution in [0.25, 0.3) is 10.9 Å². The van der Waals surface area contributed by atoms with Crippen LogP contribution in [0.1, 0.15) is 16.8 Å². The van der Waals surface area contributed by atoms with Crippen LogP contribution in [0.2, 0.25) is 5.02 Å². The summed E-state index contributed by atoms with van der Waals surface area (Å²) in [6.07, 6.45) is 0.817. The number of hydrogen-bond acceptors (Lipinski definition) is 2. The van der Waals surface area contributed by atoms with E-state index in [4.69, 9.17) is 16.3 Å². The van der Waals surface area contributed by atoms with E-state index in [-0.39, 0.29) is 12.5 Å². The molecule has 128 valence electrons. The van der Waals surface area contributed by atoms with Gasteiger partial charge in [0.25, 0.3) is 5.91 Å². The third kappa shape index (κ3) is 3.22. The quantitative estimate of drug-likeness (QED) is 0.769. The van der Waals surface area contributed by atoms with E-state index in [2.05, 4.69) is 4.98 Å². The van der Waals surface area contributed by atoms with Crippen LogP contribution in [0.5, 0.6) is 5.75 Å². The van der Waals surface area contributed by atoms with Crippen LogP contribution < -0.4 is 4.74 Å². The molecule has 0 spiro atoms. The van der Waals surface area contributed by atoms with Gasteiger partial charge in [-0.3, -0.25) is 4.79 Å². The van der Waals surface area contributed by atoms with Gasteiger partial charge in [0.05, 0.1) is 0 Å². The molecule has 1 N–H and O–H groups in total. The fourth-order valence-electron chi connectivity index (χ4n) is 3.27. The molecule has 0 bridgehead atoms. The number of fused-ring (bicyclic) bond motifs is 3. The number of H-pyrrole nitrogens is 1. The van der Waals surface area contributed by atoms with Crippen LogP contribution in [-0.2, 0) is 17.8 Å². The van der Waals surface area contributed by atoms with Crippen LogP contribution in [0.4, 0.5) is 0 Å². The van der Waals surface area contributed by atoms with Gasteiger partial charge in [-0.1, -0.05) is 29.3 Å². The lowest BCUT2D eigenvalue weighted by atomic mass is 10.0. The number of carbonyl (C=O) groups is 1. The highest BCUT2D eigenvalue weighted by atomic mass is 35.5. The first-order valence-corrected chi connectivity index (χ1v) is 8.74. The van der Waals surface area contributed by atoms with Crippen molar-refractivity contribution in [2.45, 2.75) is 19.9 Å². The summed E-state index contributed by atoms with van der Waals surface area (Å²) < 4.78 is 5.63. The molecule has 1 aliphatic heterocycles. The van der Waals surface area contributed by atoms with Crippen molar-refractivity contribution in [3.63, 3.8) is 0 Å². The van der Waals surface area contributed by atoms with Crippen LogP contribution >= 0.6 is 11.6 Å². The summed E-state index contributed by atoms with van der Waals surface area (Å²) in [6, 6.07) is 13.6. The van der Waals surface area contributed by atoms with E-state index in [0.717, 1.165) is 28.6 Å². The minimum absolute atomic E-state index is 0.00241. The Morgan fingerprint density at radius 3 is 2.84 bits per heavy atom. The number of halogens is 1. The molecule has 0 atom stereocenters. The second-order valence-corrected chi connectivity index (χ2v) is 6.88. The van der Waals surface area contributed by atoms with Crippen molar-refractivity contribution in [2.24, 2.45) is 0 Å². The van der Waals surface area contributed by atoms with E-state index in [0.29, 0.717) is 18.1 Å². The van der Waals surface area contributed by atoms with Crippen LogP contribution in [0.15, 0.2) is 42.5 Å². The Hall–Kier alpha value is -2.46. The van der Waals surface area contributed by atoms with Gasteiger partial charge in [-0.15, -0.1) is 0 Å². The van der Waals surface area contributed by atoms with E-state index < -0.39 is 0 Å². The second kappa shape index (κ2) is 6.45. The minimum atomic E-state index is 0.00241. The average molecular weight is 355 g/mol. The van der Waals surface area contributed by atoms with E-state index in [9.17, 15) is 4.79 Å². The number of amides is 1. The fourth-order valence-corrected chi connectivity index (χ4v) is 3.44. The van der Waals surface area contributed by atoms with E-state index >= 15 is 0 Å². The summed E-state index contributed by atoms with van der Waals surface area (Å²) in [5.74, 6) is 0.720. The predicted octanol–water partition coefficient (Wildman–Crippen LogP) is 4.09. The molecule has 2 heterocycles. The van der Waals surface area contributed by atoms with Crippen molar-refractivity contribution in [3.8, 4) is 5.75 Å². The summed E-state index contributed by atoms with van der Waals surface area (Å²) in [7, 11) is 0. The minimum Gasteiger partial charge on any atom is -0.484 e. The van der Waals surface area contributed by atoms with E-state index in [1.54, 1.807) is 0 Å². The Labute approximate surface area is 151 Å². The third-order valence-electron chi connectivity index (χ3n) is 4.67. The van der Waals surface area contributed by atoms with Crippen LogP contribution in [0, 0.1) is 6.92 Å². The zero-order valence-corrected chi connectivity index (χ0v) is 14.8. The molecule has 0 radical (unpaired) electrons. The molecule has 1 amide bonds. The van der Waals surface area contributed by atoms with Gasteiger partial charge < -0.3 is 14.6 Å². The number of aromatic nitrogens is 1. The molecule has 0 saturated heterocycles. The first-order chi connectivity index (χ1) is 12.1. The van der Waals surface area contributed by atoms with Gasteiger partial charge in [-0.25, -0.2) is 0 Å². The fraction of sp³-hybridized carbons (Fsp3) is 0.250. The average Bonchev–Trinajstić information content (AvgIpc) is 2.98. The highest BCUT2D eigenvalue weighted by molar-refractivity contribution is 6.31. The molecule has 0 saturated carbocycles. The number of benzene rings is 2. The molecule has 4 rings (SSSR count). The number of aromatic amines is 1. The topological polar surface area (TPSA) is 45.3 Å². The number of aryl methyl sites for hydroxylation is 1. The van der Waals surface area contributed by atoms with Gasteiger partial charge in [0.15, 0.2) is 6.61 Å². The smallest absolute Gasteiger partial charge is 0.260 e. The first-order valence-electron chi connectivity index (χ1n) is 8.36. The highest BCUT2D eigenvalue weighted by Gasteiger charge is 2.24. The molecular formula is C20H19ClN2O2. The molecule has 1 aliphatic rings. The number of hydrogen-bond donors (Lipinski definition) is 1. The Kier molecular flexibility index (Phi) is 4.14. The normalized spacial score (nSPS) is 13.8. The van der Waals surface area contributed by atoms with Crippen molar-refractivity contribution >= 4 is 28.4 Å². The summed E-state index contributed by atoms with van der Waals surface area (Å²) in [4.78, 5) is 17.8. The molecular weight excluding hydrogens is 336 g/mol. The Bertz CT molecular complexity index is 931. The lowest BCUT2D eigenvalue weighted by Gasteiger charge is -2.27. The van der Waals surface area contributed by atoms with E-state index in [1.807, 2.05) is 54.3 Å². The molecule has 4 nitrogen and oxygen atoms in total. The van der Waals surface area contributed by atoms with Crippen molar-refractivity contribution in [1.82, 2.24) is 9.88 Å². The number of ether oxygens (including phenoxy) is 1. The standard InChI is InChI=1S/C20H19ClN2O2/c1-13-2-5-15(6-3-13)25-12-20(24)23-9-8-19-17(11-23)16-10-14(21)4-7-18(16)22-19/h2-7,10,22H,8-9,11-12H2,1H3. The molecule has 2 aromatic carbocycles. The number of carbonyl (C=O) groups excluding carboxylic acids is 1. The monoisotopic (exact) mass is 354 g/mol. The van der Waals surface area contributed by atoms with Gasteiger partial charge in [0.1, 0.15) is 5.75 Å². The second-order valence-electron chi connectivity index (χ2n) is 6.44. The predicted molar refractivity (Wildman–Crippen MR) is 99.1 cm³/mol. The Morgan fingerprint density at radius 2 is 2.04 bits per heavy atom. The van der Waals surface area contributed by atoms with Gasteiger partial charge in [0.2, 0.25) is 0 Å². The van der Waals surface area contributed by atoms with E-state index in [1.165, 1.54) is 11.3 Å². The Morgan fingerprint density at radius 1 is 1.24 bits per heavy atom. The summed E-state index contributed by atoms with van der Waals surface area (Å²) >= 11 is 6.13. The van der Waals surface area contributed by atoms with Gasteiger partial charge in [-0.2, -0.15) is 0 Å². The molecule has 0 fully saturated rings. The maximum Gasteiger partial charge on any atom is 0.260 e. The molecule has 25 heavy (non-hydrogen) atoms. The molecule has 1 aromatic heterocycles. The first kappa shape index (κ1) is 16.0. The lowest BCUT2D eigenvalue weighted by molar-refractivity contribution is -0.134. The lowest BCUT2D eigenvalue weighted by Crippen LogP contribution is -2.38. The summed E-state index contributed by atoms with van der Waals surface area (Å²) in [5.41, 5.74) is 4.59. The van der Waals surface area contributed by atoms with Gasteiger partial charge >= 0.3 is 0 Å². The third-order valence-corrected chi connectivity index (χ3v) is 4.91. The maximum atomic E-state index is 12.5. The zero-order valence-electron chi connectivity index (χ0n) is 14.0. The van der Waals surface area contributed by atoms with Gasteiger partial charge in [-0.05, 0) is 37.3 Å². The summed E-state index contributed by atoms with van der Waals surface area (Å²) in [6.45, 7) is 3.37. The van der Waals surface area contributed by atoms with Crippen molar-refractivity contribution in [2.75, 3.05) is 13.2 Å². The SMILES string of the molecule is Cc1ccc(OCC(=O)N2CCc3[nH]c4ccc(Cl)cc4c3C2)cc1. The maximum absolute atomic E-state index is 12.5. The number of nitrogens with zero attached hydrogens (tertiary/aromatic N) is 1. The number of nitrogens with one attached hydrogen (secondary N) is 1. The Balaban J connectivity index is 1.47. The van der Waals surface area contributed by atoms with Gasteiger partial charge in [0, 0.05) is 46.7 Å². The van der Waals surface area contributed by atoms with Crippen LogP contribution in [-0.4, -0.2) is 28.9 Å². The highest BCUT2D eigenvalue weighted by Crippen LogP contribution is 2.29. The molecule has 0 unspecified atom stereocenters. The zero-order chi connectivity index (χ0) is 17.4. The van der Waals surface area contributed by atoms with Crippen molar-refractivity contribution in [1.29, 1.82) is 0 Å². The van der Waals surface area contributed by atoms with Crippen LogP contribution in [0.3, 0.4) is 0 Å². The molecule has 3 aromatic rings. The summed E-state index contributed by atoms with van der Waals surface area (Å²) in [5, 5.41) is 1.81. The van der Waals surface area contributed by atoms with Crippen molar-refractivity contribution in [3.05, 3.63) is 64.3 Å². The van der Waals surface area contributed by atoms with Crippen molar-refractivity contribution < 1.29 is 9.53 Å². The largest absolute Gasteiger partial charge is 0.484 e. The number of rotatable bonds is 3. The molecule has 5 heteroatoms.